The van der Waals surface area contributed by atoms with Crippen LogP contribution < -0.4 is 0 Å². The lowest BCUT2D eigenvalue weighted by molar-refractivity contribution is 0.174. The van der Waals surface area contributed by atoms with E-state index in [-0.39, 0.29) is 0 Å². The fourth-order valence-corrected chi connectivity index (χ4v) is 2.91. The molecule has 3 aromatic rings. The minimum absolute atomic E-state index is 0.403. The van der Waals surface area contributed by atoms with Gasteiger partial charge in [0.25, 0.3) is 0 Å². The normalized spacial score (nSPS) is 10.9. The zero-order chi connectivity index (χ0) is 16.8. The number of rotatable bonds is 8. The van der Waals surface area contributed by atoms with E-state index in [1.54, 1.807) is 13.2 Å². The average molecular weight is 343 g/mol. The highest BCUT2D eigenvalue weighted by molar-refractivity contribution is 7.98. The van der Waals surface area contributed by atoms with Gasteiger partial charge in [-0.15, -0.1) is 27.0 Å². The van der Waals surface area contributed by atoms with Crippen LogP contribution in [0.1, 0.15) is 11.7 Å². The quantitative estimate of drug-likeness (QED) is 0.459. The lowest BCUT2D eigenvalue weighted by Gasteiger charge is -2.05. The van der Waals surface area contributed by atoms with Crippen LogP contribution in [-0.4, -0.2) is 32.1 Å². The Morgan fingerprint density at radius 3 is 2.79 bits per heavy atom. The highest BCUT2D eigenvalue weighted by Crippen LogP contribution is 2.24. The molecule has 24 heavy (non-hydrogen) atoms. The standard InChI is InChI=1S/C16H17N5O2S/c1-3-9-21-13(10-22-2)17-20-16(21)24-11-14-18-19-15(23-14)12-7-5-4-6-8-12/h3-8H,1,9-11H2,2H3. The molecule has 2 heterocycles. The Morgan fingerprint density at radius 1 is 1.21 bits per heavy atom. The van der Waals surface area contributed by atoms with Crippen molar-refractivity contribution in [3.05, 3.63) is 54.7 Å². The van der Waals surface area contributed by atoms with E-state index in [0.29, 0.717) is 30.7 Å². The maximum Gasteiger partial charge on any atom is 0.247 e. The first-order valence-electron chi connectivity index (χ1n) is 7.34. The molecule has 0 amide bonds. The fraction of sp³-hybridized carbons (Fsp3) is 0.250. The molecule has 2 aromatic heterocycles. The van der Waals surface area contributed by atoms with Crippen LogP contribution in [0.3, 0.4) is 0 Å². The smallest absolute Gasteiger partial charge is 0.247 e. The van der Waals surface area contributed by atoms with Crippen LogP contribution in [-0.2, 0) is 23.6 Å². The number of ether oxygens (including phenoxy) is 1. The van der Waals surface area contributed by atoms with E-state index < -0.39 is 0 Å². The Kier molecular flexibility index (Phi) is 5.39. The van der Waals surface area contributed by atoms with Crippen molar-refractivity contribution in [3.63, 3.8) is 0 Å². The molecule has 0 aliphatic rings. The van der Waals surface area contributed by atoms with Gasteiger partial charge in [-0.25, -0.2) is 0 Å². The molecule has 0 radical (unpaired) electrons. The largest absolute Gasteiger partial charge is 0.420 e. The van der Waals surface area contributed by atoms with E-state index in [4.69, 9.17) is 9.15 Å². The van der Waals surface area contributed by atoms with Crippen molar-refractivity contribution in [2.75, 3.05) is 7.11 Å². The molecule has 8 heteroatoms. The highest BCUT2D eigenvalue weighted by Gasteiger charge is 2.14. The zero-order valence-electron chi connectivity index (χ0n) is 13.3. The number of benzene rings is 1. The highest BCUT2D eigenvalue weighted by atomic mass is 32.2. The number of hydrogen-bond donors (Lipinski definition) is 0. The lowest BCUT2D eigenvalue weighted by Crippen LogP contribution is -2.04. The first kappa shape index (κ1) is 16.4. The molecule has 124 valence electrons. The predicted octanol–water partition coefficient (Wildman–Crippen LogP) is 2.95. The van der Waals surface area contributed by atoms with Gasteiger partial charge in [-0.1, -0.05) is 36.0 Å². The minimum atomic E-state index is 0.403. The van der Waals surface area contributed by atoms with Gasteiger partial charge in [-0.3, -0.25) is 0 Å². The topological polar surface area (TPSA) is 78.9 Å². The number of nitrogens with zero attached hydrogens (tertiary/aromatic N) is 5. The Labute approximate surface area is 143 Å². The molecule has 0 spiro atoms. The molecule has 3 rings (SSSR count). The van der Waals surface area contributed by atoms with Crippen molar-refractivity contribution in [1.82, 2.24) is 25.0 Å². The fourth-order valence-electron chi connectivity index (χ4n) is 2.11. The summed E-state index contributed by atoms with van der Waals surface area (Å²) in [7, 11) is 1.63. The van der Waals surface area contributed by atoms with E-state index in [2.05, 4.69) is 27.0 Å². The third-order valence-electron chi connectivity index (χ3n) is 3.19. The molecule has 0 aliphatic heterocycles. The van der Waals surface area contributed by atoms with Gasteiger partial charge in [0.15, 0.2) is 11.0 Å². The van der Waals surface area contributed by atoms with Gasteiger partial charge in [0, 0.05) is 19.2 Å². The number of methoxy groups -OCH3 is 1. The van der Waals surface area contributed by atoms with Crippen LogP contribution in [0, 0.1) is 0 Å². The summed E-state index contributed by atoms with van der Waals surface area (Å²) < 4.78 is 12.8. The zero-order valence-corrected chi connectivity index (χ0v) is 14.1. The third-order valence-corrected chi connectivity index (χ3v) is 4.14. The molecule has 0 atom stereocenters. The van der Waals surface area contributed by atoms with Gasteiger partial charge in [-0.2, -0.15) is 0 Å². The Bertz CT molecular complexity index is 800. The monoisotopic (exact) mass is 343 g/mol. The lowest BCUT2D eigenvalue weighted by atomic mass is 10.2. The molecule has 0 aliphatic carbocycles. The van der Waals surface area contributed by atoms with E-state index in [9.17, 15) is 0 Å². The van der Waals surface area contributed by atoms with Crippen molar-refractivity contribution >= 4 is 11.8 Å². The van der Waals surface area contributed by atoms with Gasteiger partial charge in [0.1, 0.15) is 6.61 Å². The second-order valence-corrected chi connectivity index (χ2v) is 5.83. The summed E-state index contributed by atoms with van der Waals surface area (Å²) in [6, 6.07) is 9.68. The molecule has 0 fully saturated rings. The van der Waals surface area contributed by atoms with Crippen LogP contribution in [0.15, 0.2) is 52.6 Å². The van der Waals surface area contributed by atoms with E-state index >= 15 is 0 Å². The van der Waals surface area contributed by atoms with Crippen LogP contribution in [0.4, 0.5) is 0 Å². The number of thioether (sulfide) groups is 1. The molecule has 0 unspecified atom stereocenters. The summed E-state index contributed by atoms with van der Waals surface area (Å²) in [4.78, 5) is 0. The third kappa shape index (κ3) is 3.72. The summed E-state index contributed by atoms with van der Waals surface area (Å²) in [6.45, 7) is 4.79. The van der Waals surface area contributed by atoms with Crippen molar-refractivity contribution in [2.45, 2.75) is 24.1 Å². The first-order chi connectivity index (χ1) is 11.8. The molecule has 0 bridgehead atoms. The summed E-state index contributed by atoms with van der Waals surface area (Å²) in [5.74, 6) is 2.33. The summed E-state index contributed by atoms with van der Waals surface area (Å²) >= 11 is 1.49. The molecule has 0 N–H and O–H groups in total. The van der Waals surface area contributed by atoms with Gasteiger partial charge >= 0.3 is 0 Å². The predicted molar refractivity (Wildman–Crippen MR) is 90.2 cm³/mol. The first-order valence-corrected chi connectivity index (χ1v) is 8.33. The molecular weight excluding hydrogens is 326 g/mol. The van der Waals surface area contributed by atoms with Gasteiger partial charge in [-0.05, 0) is 12.1 Å². The maximum atomic E-state index is 5.70. The van der Waals surface area contributed by atoms with Crippen molar-refractivity contribution in [1.29, 1.82) is 0 Å². The van der Waals surface area contributed by atoms with E-state index in [0.717, 1.165) is 16.5 Å². The van der Waals surface area contributed by atoms with E-state index in [1.807, 2.05) is 34.9 Å². The SMILES string of the molecule is C=CCn1c(COC)nnc1SCc1nnc(-c2ccccc2)o1. The second-order valence-electron chi connectivity index (χ2n) is 4.89. The van der Waals surface area contributed by atoms with Gasteiger partial charge in [0.05, 0.1) is 5.75 Å². The number of allylic oxidation sites excluding steroid dienone is 1. The van der Waals surface area contributed by atoms with Crippen LogP contribution in [0.25, 0.3) is 11.5 Å². The number of hydrogen-bond acceptors (Lipinski definition) is 7. The molecule has 7 nitrogen and oxygen atoms in total. The van der Waals surface area contributed by atoms with Crippen molar-refractivity contribution in [2.24, 2.45) is 0 Å². The minimum Gasteiger partial charge on any atom is -0.420 e. The Hall–Kier alpha value is -2.45. The van der Waals surface area contributed by atoms with Crippen LogP contribution in [0.2, 0.25) is 0 Å². The van der Waals surface area contributed by atoms with Gasteiger partial charge < -0.3 is 13.7 Å². The van der Waals surface area contributed by atoms with Gasteiger partial charge in [0.2, 0.25) is 11.8 Å². The van der Waals surface area contributed by atoms with Crippen molar-refractivity contribution in [3.8, 4) is 11.5 Å². The average Bonchev–Trinajstić information content (AvgIpc) is 3.23. The van der Waals surface area contributed by atoms with Crippen molar-refractivity contribution < 1.29 is 9.15 Å². The Morgan fingerprint density at radius 2 is 2.04 bits per heavy atom. The summed E-state index contributed by atoms with van der Waals surface area (Å²) in [5.41, 5.74) is 0.901. The molecule has 1 aromatic carbocycles. The van der Waals surface area contributed by atoms with Crippen LogP contribution >= 0.6 is 11.8 Å². The number of aromatic nitrogens is 5. The Balaban J connectivity index is 1.70. The second kappa shape index (κ2) is 7.89. The summed E-state index contributed by atoms with van der Waals surface area (Å²) in [6.07, 6.45) is 1.80. The van der Waals surface area contributed by atoms with E-state index in [1.165, 1.54) is 11.8 Å². The summed E-state index contributed by atoms with van der Waals surface area (Å²) in [5, 5.41) is 17.3. The van der Waals surface area contributed by atoms with Crippen LogP contribution in [0.5, 0.6) is 0 Å². The molecular formula is C16H17N5O2S. The maximum absolute atomic E-state index is 5.70. The molecule has 0 saturated heterocycles. The molecule has 0 saturated carbocycles.